The minimum absolute atomic E-state index is 0.0517. The molecule has 1 atom stereocenters. The van der Waals surface area contributed by atoms with Crippen LogP contribution in [0.15, 0.2) is 59.6 Å². The first kappa shape index (κ1) is 34.4. The second kappa shape index (κ2) is 12.7. The van der Waals surface area contributed by atoms with E-state index in [1.165, 1.54) is 29.0 Å². The van der Waals surface area contributed by atoms with Crippen molar-refractivity contribution in [3.05, 3.63) is 99.1 Å². The molecule has 0 bridgehead atoms. The van der Waals surface area contributed by atoms with Gasteiger partial charge in [0.15, 0.2) is 11.1 Å². The number of rotatable bonds is 10. The van der Waals surface area contributed by atoms with Crippen molar-refractivity contribution in [3.63, 3.8) is 0 Å². The molecule has 0 aliphatic rings. The Kier molecular flexibility index (Phi) is 9.92. The molecular formula is C29H29Cl2F2N2O7PS. The minimum Gasteiger partial charge on any atom is -0.384 e. The Hall–Kier alpha value is -2.51. The van der Waals surface area contributed by atoms with Gasteiger partial charge in [-0.15, -0.1) is 0 Å². The van der Waals surface area contributed by atoms with Crippen LogP contribution in [0.1, 0.15) is 50.3 Å². The lowest BCUT2D eigenvalue weighted by atomic mass is 9.83. The number of halogens is 4. The van der Waals surface area contributed by atoms with Crippen molar-refractivity contribution in [1.82, 2.24) is 9.55 Å². The van der Waals surface area contributed by atoms with Gasteiger partial charge < -0.3 is 14.9 Å². The first-order valence-electron chi connectivity index (χ1n) is 12.9. The molecule has 0 aliphatic heterocycles. The number of aliphatic hydroxyl groups is 1. The summed E-state index contributed by atoms with van der Waals surface area (Å²) < 4.78 is 65.5. The van der Waals surface area contributed by atoms with Gasteiger partial charge in [-0.25, -0.2) is 22.5 Å². The van der Waals surface area contributed by atoms with Crippen molar-refractivity contribution in [2.24, 2.45) is 0 Å². The molecule has 4 aromatic rings. The third-order valence-corrected chi connectivity index (χ3v) is 9.00. The summed E-state index contributed by atoms with van der Waals surface area (Å²) in [6, 6.07) is 11.4. The maximum atomic E-state index is 16.0. The molecule has 0 saturated carbocycles. The van der Waals surface area contributed by atoms with Gasteiger partial charge in [0, 0.05) is 27.4 Å². The van der Waals surface area contributed by atoms with Crippen molar-refractivity contribution in [2.75, 3.05) is 7.11 Å². The predicted molar refractivity (Wildman–Crippen MR) is 163 cm³/mol. The van der Waals surface area contributed by atoms with E-state index in [0.717, 1.165) is 19.2 Å². The topological polar surface area (TPSA) is 131 Å². The molecular weight excluding hydrogens is 660 g/mol. The number of hydrogen-bond donors (Lipinski definition) is 3. The predicted octanol–water partition coefficient (Wildman–Crippen LogP) is 6.96. The highest BCUT2D eigenvalue weighted by molar-refractivity contribution is 7.80. The molecule has 0 radical (unpaired) electrons. The average Bonchev–Trinajstić information content (AvgIpc) is 3.38. The lowest BCUT2D eigenvalue weighted by molar-refractivity contribution is 0.0740. The molecule has 9 nitrogen and oxygen atoms in total. The van der Waals surface area contributed by atoms with Gasteiger partial charge in [-0.3, -0.25) is 13.3 Å². The van der Waals surface area contributed by atoms with Crippen LogP contribution in [-0.2, 0) is 42.0 Å². The molecule has 0 amide bonds. The molecule has 236 valence electrons. The molecule has 0 fully saturated rings. The highest BCUT2D eigenvalue weighted by atomic mass is 35.5. The van der Waals surface area contributed by atoms with E-state index in [2.05, 4.69) is 9.51 Å². The molecule has 0 aliphatic carbocycles. The number of aromatic nitrogens is 2. The van der Waals surface area contributed by atoms with Crippen molar-refractivity contribution in [2.45, 2.75) is 50.2 Å². The zero-order valence-corrected chi connectivity index (χ0v) is 27.4. The SMILES string of the molecule is COS(=O)c1cc(-c2ccc(-n3cc(C(C)(C)O)nc3C(C)(C)c3c(Cl)cccc3Cl)c(F)c2)cc(F)c1COP(=O)(O)O. The van der Waals surface area contributed by atoms with Crippen LogP contribution in [0.25, 0.3) is 16.8 Å². The smallest absolute Gasteiger partial charge is 0.384 e. The quantitative estimate of drug-likeness (QED) is 0.153. The largest absolute Gasteiger partial charge is 0.469 e. The lowest BCUT2D eigenvalue weighted by Gasteiger charge is -2.28. The molecule has 15 heteroatoms. The number of phosphoric ester groups is 1. The second-order valence-corrected chi connectivity index (χ2v) is 14.2. The zero-order chi connectivity index (χ0) is 32.8. The van der Waals surface area contributed by atoms with E-state index in [1.54, 1.807) is 32.0 Å². The number of phosphoric acid groups is 1. The lowest BCUT2D eigenvalue weighted by Crippen LogP contribution is -2.25. The van der Waals surface area contributed by atoms with Crippen molar-refractivity contribution in [1.29, 1.82) is 0 Å². The Morgan fingerprint density at radius 2 is 1.61 bits per heavy atom. The van der Waals surface area contributed by atoms with Gasteiger partial charge in [-0.2, -0.15) is 0 Å². The van der Waals surface area contributed by atoms with Crippen molar-refractivity contribution in [3.8, 4) is 16.8 Å². The molecule has 3 aromatic carbocycles. The third-order valence-electron chi connectivity index (χ3n) is 6.88. The van der Waals surface area contributed by atoms with Gasteiger partial charge >= 0.3 is 7.82 Å². The van der Waals surface area contributed by atoms with E-state index in [1.807, 2.05) is 13.8 Å². The first-order chi connectivity index (χ1) is 20.3. The van der Waals surface area contributed by atoms with Crippen LogP contribution in [0.5, 0.6) is 0 Å². The van der Waals surface area contributed by atoms with E-state index >= 15 is 8.78 Å². The molecule has 0 spiro atoms. The Bertz CT molecular complexity index is 1780. The monoisotopic (exact) mass is 688 g/mol. The fraction of sp³-hybridized carbons (Fsp3) is 0.276. The summed E-state index contributed by atoms with van der Waals surface area (Å²) in [6.45, 7) is 5.84. The fourth-order valence-corrected chi connectivity index (χ4v) is 6.62. The number of nitrogens with zero attached hydrogens (tertiary/aromatic N) is 2. The van der Waals surface area contributed by atoms with Crippen LogP contribution >= 0.6 is 31.0 Å². The summed E-state index contributed by atoms with van der Waals surface area (Å²) in [4.78, 5) is 22.5. The number of hydrogen-bond acceptors (Lipinski definition) is 6. The third kappa shape index (κ3) is 7.14. The average molecular weight is 690 g/mol. The summed E-state index contributed by atoms with van der Waals surface area (Å²) in [7, 11) is -3.86. The molecule has 0 saturated heterocycles. The normalized spacial score (nSPS) is 13.4. The Morgan fingerprint density at radius 3 is 2.16 bits per heavy atom. The van der Waals surface area contributed by atoms with Gasteiger partial charge in [-0.1, -0.05) is 35.3 Å². The summed E-state index contributed by atoms with van der Waals surface area (Å²) in [5.74, 6) is -1.41. The summed E-state index contributed by atoms with van der Waals surface area (Å²) >= 11 is 10.8. The summed E-state index contributed by atoms with van der Waals surface area (Å²) in [5, 5.41) is 11.5. The molecule has 3 N–H and O–H groups in total. The number of imidazole rings is 1. The van der Waals surface area contributed by atoms with Crippen LogP contribution in [0, 0.1) is 11.6 Å². The van der Waals surface area contributed by atoms with Crippen LogP contribution in [0.3, 0.4) is 0 Å². The maximum absolute atomic E-state index is 16.0. The van der Waals surface area contributed by atoms with E-state index in [9.17, 15) is 13.9 Å². The highest BCUT2D eigenvalue weighted by Crippen LogP contribution is 2.42. The molecule has 4 rings (SSSR count). The van der Waals surface area contributed by atoms with E-state index in [4.69, 9.17) is 37.2 Å². The zero-order valence-electron chi connectivity index (χ0n) is 24.1. The van der Waals surface area contributed by atoms with Gasteiger partial charge in [-0.05, 0) is 75.2 Å². The van der Waals surface area contributed by atoms with E-state index in [0.29, 0.717) is 21.4 Å². The summed E-state index contributed by atoms with van der Waals surface area (Å²) in [5.41, 5.74) is -1.59. The van der Waals surface area contributed by atoms with E-state index in [-0.39, 0.29) is 27.4 Å². The van der Waals surface area contributed by atoms with Crippen molar-refractivity contribution >= 4 is 42.1 Å². The number of benzene rings is 3. The van der Waals surface area contributed by atoms with Crippen LogP contribution in [0.2, 0.25) is 10.0 Å². The van der Waals surface area contributed by atoms with Gasteiger partial charge in [0.25, 0.3) is 0 Å². The first-order valence-corrected chi connectivity index (χ1v) is 16.3. The Morgan fingerprint density at radius 1 is 1.00 bits per heavy atom. The van der Waals surface area contributed by atoms with Gasteiger partial charge in [0.05, 0.1) is 35.4 Å². The highest BCUT2D eigenvalue weighted by Gasteiger charge is 2.36. The Balaban J connectivity index is 1.86. The van der Waals surface area contributed by atoms with Crippen LogP contribution in [-0.4, -0.2) is 35.8 Å². The molecule has 44 heavy (non-hydrogen) atoms. The van der Waals surface area contributed by atoms with Crippen LogP contribution in [0.4, 0.5) is 8.78 Å². The molecule has 1 aromatic heterocycles. The van der Waals surface area contributed by atoms with Crippen LogP contribution < -0.4 is 0 Å². The molecule has 1 unspecified atom stereocenters. The second-order valence-electron chi connectivity index (χ2n) is 10.9. The Labute approximate surface area is 265 Å². The van der Waals surface area contributed by atoms with E-state index < -0.39 is 53.7 Å². The van der Waals surface area contributed by atoms with Gasteiger partial charge in [0.2, 0.25) is 0 Å². The standard InChI is InChI=1S/C29H29Cl2F2N2O7PS/c1-28(2,26-19(30)7-6-8-20(26)31)27-34-25(29(3,4)36)14-35(27)23-10-9-16(11-22(23)33)17-12-21(32)18(15-42-43(37,38)39)24(13-17)44(40)41-5/h6-14,36H,15H2,1-5H3,(H2,37,38,39). The fourth-order valence-electron chi connectivity index (χ4n) is 4.69. The summed E-state index contributed by atoms with van der Waals surface area (Å²) in [6.07, 6.45) is 1.51. The minimum atomic E-state index is -4.97. The van der Waals surface area contributed by atoms with Gasteiger partial charge in [0.1, 0.15) is 23.1 Å². The molecule has 1 heterocycles. The maximum Gasteiger partial charge on any atom is 0.469 e. The van der Waals surface area contributed by atoms with Crippen molar-refractivity contribution < 1.29 is 41.2 Å².